The van der Waals surface area contributed by atoms with Crippen molar-refractivity contribution in [3.05, 3.63) is 23.5 Å². The van der Waals surface area contributed by atoms with Gasteiger partial charge in [-0.05, 0) is 30.9 Å². The number of fused-ring (bicyclic) bond motifs is 1. The maximum Gasteiger partial charge on any atom is 0.268 e. The normalized spacial score (nSPS) is 20.2. The summed E-state index contributed by atoms with van der Waals surface area (Å²) in [6, 6.07) is 3.26. The first-order chi connectivity index (χ1) is 8.16. The van der Waals surface area contributed by atoms with Gasteiger partial charge >= 0.3 is 0 Å². The highest BCUT2D eigenvalue weighted by Gasteiger charge is 2.50. The molecular formula is C12H11BFNO2. The molecule has 0 unspecified atom stereocenters. The fourth-order valence-corrected chi connectivity index (χ4v) is 2.27. The second kappa shape index (κ2) is 3.49. The summed E-state index contributed by atoms with van der Waals surface area (Å²) in [6.45, 7) is 0. The van der Waals surface area contributed by atoms with Crippen molar-refractivity contribution in [2.75, 3.05) is 5.32 Å². The summed E-state index contributed by atoms with van der Waals surface area (Å²) in [7, 11) is 5.42. The van der Waals surface area contributed by atoms with Crippen molar-refractivity contribution in [1.29, 1.82) is 0 Å². The predicted molar refractivity (Wildman–Crippen MR) is 61.7 cm³/mol. The van der Waals surface area contributed by atoms with Crippen molar-refractivity contribution in [2.45, 2.75) is 31.2 Å². The minimum Gasteiger partial charge on any atom is -0.475 e. The Morgan fingerprint density at radius 2 is 2.24 bits per heavy atom. The summed E-state index contributed by atoms with van der Waals surface area (Å²) in [5.41, 5.74) is -0.267. The van der Waals surface area contributed by atoms with Crippen LogP contribution in [-0.4, -0.2) is 19.4 Å². The first-order valence-corrected chi connectivity index (χ1v) is 5.68. The molecule has 3 rings (SSSR count). The number of ether oxygens (including phenoxy) is 1. The predicted octanol–water partition coefficient (Wildman–Crippen LogP) is 1.75. The molecule has 1 N–H and O–H groups in total. The molecule has 1 aliphatic heterocycles. The third kappa shape index (κ3) is 1.38. The van der Waals surface area contributed by atoms with Gasteiger partial charge in [-0.25, -0.2) is 4.39 Å². The summed E-state index contributed by atoms with van der Waals surface area (Å²) >= 11 is 0. The smallest absolute Gasteiger partial charge is 0.268 e. The zero-order valence-electron chi connectivity index (χ0n) is 9.25. The molecule has 2 aliphatic rings. The van der Waals surface area contributed by atoms with Crippen molar-refractivity contribution in [3.8, 4) is 5.75 Å². The van der Waals surface area contributed by atoms with Crippen LogP contribution in [0, 0.1) is 5.82 Å². The van der Waals surface area contributed by atoms with Crippen molar-refractivity contribution >= 4 is 19.4 Å². The molecule has 1 amide bonds. The number of carbonyl (C=O) groups is 1. The number of carbonyl (C=O) groups excluding carboxylic acids is 1. The van der Waals surface area contributed by atoms with Gasteiger partial charge in [0.15, 0.2) is 11.4 Å². The molecular weight excluding hydrogens is 220 g/mol. The SMILES string of the molecule is [B]Cc1ccc2c(c1F)NC(=O)C1(CCC1)O2. The molecule has 2 radical (unpaired) electrons. The van der Waals surface area contributed by atoms with Crippen LogP contribution in [0.1, 0.15) is 24.8 Å². The first kappa shape index (κ1) is 10.6. The van der Waals surface area contributed by atoms with Gasteiger partial charge in [0.25, 0.3) is 5.91 Å². The van der Waals surface area contributed by atoms with Crippen LogP contribution in [0.5, 0.6) is 5.75 Å². The molecule has 0 bridgehead atoms. The Labute approximate surface area is 99.8 Å². The Morgan fingerprint density at radius 1 is 1.47 bits per heavy atom. The van der Waals surface area contributed by atoms with E-state index in [4.69, 9.17) is 12.6 Å². The van der Waals surface area contributed by atoms with Crippen LogP contribution in [0.25, 0.3) is 0 Å². The fourth-order valence-electron chi connectivity index (χ4n) is 2.27. The molecule has 3 nitrogen and oxygen atoms in total. The van der Waals surface area contributed by atoms with Crippen molar-refractivity contribution in [2.24, 2.45) is 0 Å². The first-order valence-electron chi connectivity index (χ1n) is 5.68. The molecule has 17 heavy (non-hydrogen) atoms. The number of nitrogens with one attached hydrogen (secondary N) is 1. The molecule has 1 fully saturated rings. The maximum atomic E-state index is 13.9. The lowest BCUT2D eigenvalue weighted by molar-refractivity contribution is -0.140. The average Bonchev–Trinajstić information content (AvgIpc) is 2.28. The Kier molecular flexibility index (Phi) is 2.18. The van der Waals surface area contributed by atoms with Crippen LogP contribution in [0.2, 0.25) is 0 Å². The van der Waals surface area contributed by atoms with Gasteiger partial charge in [-0.3, -0.25) is 4.79 Å². The zero-order chi connectivity index (χ0) is 12.0. The minimum absolute atomic E-state index is 0.0973. The summed E-state index contributed by atoms with van der Waals surface area (Å²) in [5, 5.41) is 2.60. The summed E-state index contributed by atoms with van der Waals surface area (Å²) in [5.74, 6) is -0.337. The number of benzene rings is 1. The maximum absolute atomic E-state index is 13.9. The second-order valence-corrected chi connectivity index (χ2v) is 4.52. The van der Waals surface area contributed by atoms with E-state index >= 15 is 0 Å². The van der Waals surface area contributed by atoms with Crippen molar-refractivity contribution in [3.63, 3.8) is 0 Å². The highest BCUT2D eigenvalue weighted by molar-refractivity contribution is 6.08. The third-order valence-corrected chi connectivity index (χ3v) is 3.52. The minimum atomic E-state index is -0.760. The zero-order valence-corrected chi connectivity index (χ0v) is 9.25. The van der Waals surface area contributed by atoms with E-state index in [-0.39, 0.29) is 17.9 Å². The van der Waals surface area contributed by atoms with Gasteiger partial charge in [0, 0.05) is 0 Å². The highest BCUT2D eigenvalue weighted by Crippen LogP contribution is 2.44. The molecule has 1 spiro atoms. The number of hydrogen-bond donors (Lipinski definition) is 1. The molecule has 5 heteroatoms. The fraction of sp³-hybridized carbons (Fsp3) is 0.417. The lowest BCUT2D eigenvalue weighted by Gasteiger charge is -2.43. The van der Waals surface area contributed by atoms with Gasteiger partial charge in [0.2, 0.25) is 0 Å². The van der Waals surface area contributed by atoms with Crippen LogP contribution in [0.3, 0.4) is 0 Å². The molecule has 0 saturated heterocycles. The molecule has 86 valence electrons. The van der Waals surface area contributed by atoms with E-state index in [1.54, 1.807) is 12.1 Å². The molecule has 1 saturated carbocycles. The highest BCUT2D eigenvalue weighted by atomic mass is 19.1. The molecule has 1 aromatic carbocycles. The van der Waals surface area contributed by atoms with Crippen molar-refractivity contribution in [1.82, 2.24) is 0 Å². The van der Waals surface area contributed by atoms with Crippen molar-refractivity contribution < 1.29 is 13.9 Å². The second-order valence-electron chi connectivity index (χ2n) is 4.52. The standard InChI is InChI=1S/C12H11BFNO2/c13-6-7-2-3-8-10(9(7)14)15-11(16)12(17-8)4-1-5-12/h2-3H,1,4-6H2,(H,15,16). The van der Waals surface area contributed by atoms with E-state index in [9.17, 15) is 9.18 Å². The van der Waals surface area contributed by atoms with Crippen LogP contribution < -0.4 is 10.1 Å². The molecule has 0 atom stereocenters. The molecule has 0 aromatic heterocycles. The van der Waals surface area contributed by atoms with E-state index in [0.29, 0.717) is 24.2 Å². The van der Waals surface area contributed by atoms with Crippen LogP contribution in [0.4, 0.5) is 10.1 Å². The van der Waals surface area contributed by atoms with E-state index in [2.05, 4.69) is 5.32 Å². The Morgan fingerprint density at radius 3 is 2.82 bits per heavy atom. The monoisotopic (exact) mass is 231 g/mol. The van der Waals surface area contributed by atoms with Gasteiger partial charge in [-0.1, -0.05) is 12.4 Å². The van der Waals surface area contributed by atoms with Gasteiger partial charge in [0.1, 0.15) is 11.4 Å². The lowest BCUT2D eigenvalue weighted by atomic mass is 9.78. The van der Waals surface area contributed by atoms with Gasteiger partial charge in [-0.15, -0.1) is 0 Å². The van der Waals surface area contributed by atoms with E-state index in [1.165, 1.54) is 0 Å². The Bertz CT molecular complexity index is 500. The average molecular weight is 231 g/mol. The topological polar surface area (TPSA) is 38.3 Å². The van der Waals surface area contributed by atoms with Gasteiger partial charge in [0.05, 0.1) is 7.85 Å². The summed E-state index contributed by atoms with van der Waals surface area (Å²) in [6.07, 6.45) is 2.45. The third-order valence-electron chi connectivity index (χ3n) is 3.52. The van der Waals surface area contributed by atoms with Gasteiger partial charge in [-0.2, -0.15) is 0 Å². The lowest BCUT2D eigenvalue weighted by Crippen LogP contribution is -2.55. The Hall–Kier alpha value is -1.52. The number of hydrogen-bond acceptors (Lipinski definition) is 2. The largest absolute Gasteiger partial charge is 0.475 e. The molecule has 1 heterocycles. The number of halogens is 1. The van der Waals surface area contributed by atoms with Crippen LogP contribution >= 0.6 is 0 Å². The number of anilines is 1. The van der Waals surface area contributed by atoms with E-state index < -0.39 is 11.4 Å². The summed E-state index contributed by atoms with van der Waals surface area (Å²) in [4.78, 5) is 11.9. The summed E-state index contributed by atoms with van der Waals surface area (Å²) < 4.78 is 19.6. The quantitative estimate of drug-likeness (QED) is 0.747. The number of amides is 1. The Balaban J connectivity index is 2.05. The van der Waals surface area contributed by atoms with Crippen LogP contribution in [-0.2, 0) is 11.1 Å². The van der Waals surface area contributed by atoms with Gasteiger partial charge < -0.3 is 10.1 Å². The van der Waals surface area contributed by atoms with E-state index in [1.807, 2.05) is 0 Å². The van der Waals surface area contributed by atoms with E-state index in [0.717, 1.165) is 6.42 Å². The van der Waals surface area contributed by atoms with Crippen LogP contribution in [0.15, 0.2) is 12.1 Å². The number of rotatable bonds is 1. The molecule has 1 aromatic rings. The molecule has 1 aliphatic carbocycles.